The standard InChI is InChI=1S/C28H31NO.2ClH.Zr/c1-28(2,24-14-8-4-9-15-24)26-19-22(21-12-6-3-7-13-21)18-23(27(26)30)20-29-25-16-10-5-11-17-25;;;/h3-4,6-9,12-15,18-20,25,30H,5,10-11,16-17H2,1-2H3;2*1H;/q;;;+2/p-2. The van der Waals surface area contributed by atoms with Gasteiger partial charge in [0, 0.05) is 28.8 Å². The number of hydrogen-bond acceptors (Lipinski definition) is 2. The van der Waals surface area contributed by atoms with Crippen molar-refractivity contribution in [2.45, 2.75) is 57.4 Å². The van der Waals surface area contributed by atoms with Gasteiger partial charge in [-0.3, -0.25) is 4.99 Å². The van der Waals surface area contributed by atoms with Crippen LogP contribution in [0.5, 0.6) is 5.75 Å². The van der Waals surface area contributed by atoms with Crippen molar-refractivity contribution in [1.29, 1.82) is 0 Å². The fourth-order valence-electron chi connectivity index (χ4n) is 4.46. The third kappa shape index (κ3) is 7.04. The van der Waals surface area contributed by atoms with Crippen molar-refractivity contribution in [3.8, 4) is 16.9 Å². The molecule has 172 valence electrons. The molecule has 1 saturated carbocycles. The van der Waals surface area contributed by atoms with E-state index in [0.29, 0.717) is 11.8 Å². The molecule has 1 N–H and O–H groups in total. The van der Waals surface area contributed by atoms with Gasteiger partial charge in [0.25, 0.3) is 0 Å². The van der Waals surface area contributed by atoms with Crippen LogP contribution in [0, 0.1) is 0 Å². The number of halogens is 2. The molecule has 0 amide bonds. The summed E-state index contributed by atoms with van der Waals surface area (Å²) < 4.78 is 0. The van der Waals surface area contributed by atoms with Crippen LogP contribution in [0.25, 0.3) is 11.1 Å². The van der Waals surface area contributed by atoms with Crippen molar-refractivity contribution in [2.24, 2.45) is 4.99 Å². The van der Waals surface area contributed by atoms with E-state index in [4.69, 9.17) is 22.0 Å². The van der Waals surface area contributed by atoms with E-state index in [0.717, 1.165) is 35.1 Å². The normalized spacial score (nSPS) is 14.5. The fourth-order valence-corrected chi connectivity index (χ4v) is 4.46. The van der Waals surface area contributed by atoms with Crippen LogP contribution < -0.4 is 0 Å². The van der Waals surface area contributed by atoms with E-state index in [-0.39, 0.29) is 5.41 Å². The third-order valence-electron chi connectivity index (χ3n) is 6.41. The molecule has 33 heavy (non-hydrogen) atoms. The van der Waals surface area contributed by atoms with Crippen molar-refractivity contribution in [2.75, 3.05) is 0 Å². The van der Waals surface area contributed by atoms with E-state index in [2.05, 4.69) is 74.5 Å². The summed E-state index contributed by atoms with van der Waals surface area (Å²) in [5.74, 6) is 0.336. The molecule has 0 radical (unpaired) electrons. The Labute approximate surface area is 216 Å². The molecule has 0 bridgehead atoms. The molecule has 1 aliphatic carbocycles. The predicted molar refractivity (Wildman–Crippen MR) is 138 cm³/mol. The Hall–Kier alpha value is -1.41. The van der Waals surface area contributed by atoms with Crippen LogP contribution in [0.2, 0.25) is 0 Å². The number of aliphatic imine (C=N–C) groups is 1. The van der Waals surface area contributed by atoms with Gasteiger partial charge in [-0.1, -0.05) is 93.8 Å². The second kappa shape index (κ2) is 12.9. The number of aromatic hydroxyl groups is 1. The van der Waals surface area contributed by atoms with Gasteiger partial charge in [-0.25, -0.2) is 0 Å². The molecule has 0 heterocycles. The zero-order chi connectivity index (χ0) is 23.7. The first-order chi connectivity index (χ1) is 16.0. The Morgan fingerprint density at radius 2 is 1.45 bits per heavy atom. The molecule has 3 aromatic carbocycles. The van der Waals surface area contributed by atoms with Crippen molar-refractivity contribution in [3.05, 3.63) is 89.5 Å². The minimum atomic E-state index is -0.826. The molecule has 0 aliphatic heterocycles. The summed E-state index contributed by atoms with van der Waals surface area (Å²) in [4.78, 5) is 4.86. The van der Waals surface area contributed by atoms with Gasteiger partial charge < -0.3 is 5.11 Å². The zero-order valence-corrected chi connectivity index (χ0v) is 23.2. The Bertz CT molecular complexity index is 1030. The number of hydrogen-bond donors (Lipinski definition) is 1. The van der Waals surface area contributed by atoms with Gasteiger partial charge in [-0.05, 0) is 41.7 Å². The zero-order valence-electron chi connectivity index (χ0n) is 19.3. The van der Waals surface area contributed by atoms with Crippen LogP contribution in [0.4, 0.5) is 0 Å². The summed E-state index contributed by atoms with van der Waals surface area (Å²) in [6.07, 6.45) is 8.03. The Balaban J connectivity index is 0.000000968. The topological polar surface area (TPSA) is 32.6 Å². The number of phenols is 1. The second-order valence-electron chi connectivity index (χ2n) is 8.96. The van der Waals surface area contributed by atoms with Gasteiger partial charge in [0.2, 0.25) is 0 Å². The van der Waals surface area contributed by atoms with Crippen molar-refractivity contribution in [1.82, 2.24) is 0 Å². The first kappa shape index (κ1) is 26.2. The molecule has 1 fully saturated rings. The third-order valence-corrected chi connectivity index (χ3v) is 6.41. The molecule has 3 aromatic rings. The first-order valence-corrected chi connectivity index (χ1v) is 17.8. The van der Waals surface area contributed by atoms with E-state index in [1.165, 1.54) is 24.8 Å². The van der Waals surface area contributed by atoms with Crippen LogP contribution in [-0.4, -0.2) is 17.4 Å². The average molecular weight is 560 g/mol. The Morgan fingerprint density at radius 3 is 2.06 bits per heavy atom. The molecular formula is C28H31Cl2NOZr. The summed E-state index contributed by atoms with van der Waals surface area (Å²) in [5, 5.41) is 11.3. The summed E-state index contributed by atoms with van der Waals surface area (Å²) >= 11 is -0.826. The van der Waals surface area contributed by atoms with Crippen LogP contribution >= 0.6 is 17.0 Å². The summed E-state index contributed by atoms with van der Waals surface area (Å²) in [7, 11) is 9.87. The maximum absolute atomic E-state index is 11.3. The monoisotopic (exact) mass is 557 g/mol. The van der Waals surface area contributed by atoms with Gasteiger partial charge in [-0.2, -0.15) is 0 Å². The minimum absolute atomic E-state index is 0.330. The quantitative estimate of drug-likeness (QED) is 0.312. The van der Waals surface area contributed by atoms with Crippen molar-refractivity contribution >= 4 is 23.2 Å². The molecule has 0 saturated heterocycles. The Kier molecular flexibility index (Phi) is 10.2. The predicted octanol–water partition coefficient (Wildman–Crippen LogP) is 8.51. The van der Waals surface area contributed by atoms with Gasteiger partial charge >= 0.3 is 37.9 Å². The molecule has 0 atom stereocenters. The summed E-state index contributed by atoms with van der Waals surface area (Å²) in [6, 6.07) is 25.4. The van der Waals surface area contributed by atoms with Gasteiger partial charge in [-0.15, -0.1) is 0 Å². The molecule has 5 heteroatoms. The van der Waals surface area contributed by atoms with Crippen LogP contribution in [0.1, 0.15) is 62.6 Å². The first-order valence-electron chi connectivity index (χ1n) is 11.4. The van der Waals surface area contributed by atoms with E-state index < -0.39 is 20.8 Å². The number of benzene rings is 3. The SMILES string of the molecule is CC(C)(c1ccccc1)c1cc(-c2ccccc2)cc(C=NC2CCCCC2)c1O.[Cl][Zr][Cl]. The summed E-state index contributed by atoms with van der Waals surface area (Å²) in [6.45, 7) is 4.35. The Morgan fingerprint density at radius 1 is 0.879 bits per heavy atom. The fraction of sp³-hybridized carbons (Fsp3) is 0.321. The molecule has 0 unspecified atom stereocenters. The van der Waals surface area contributed by atoms with Crippen LogP contribution in [-0.2, 0) is 26.3 Å². The molecule has 2 nitrogen and oxygen atoms in total. The van der Waals surface area contributed by atoms with Gasteiger partial charge in [0.15, 0.2) is 0 Å². The molecule has 0 spiro atoms. The molecule has 0 aromatic heterocycles. The average Bonchev–Trinajstić information content (AvgIpc) is 2.85. The van der Waals surface area contributed by atoms with Crippen LogP contribution in [0.15, 0.2) is 77.8 Å². The molecule has 4 rings (SSSR count). The maximum atomic E-state index is 11.3. The van der Waals surface area contributed by atoms with Gasteiger partial charge in [0.05, 0.1) is 0 Å². The van der Waals surface area contributed by atoms with E-state index in [9.17, 15) is 5.11 Å². The van der Waals surface area contributed by atoms with Crippen LogP contribution in [0.3, 0.4) is 0 Å². The van der Waals surface area contributed by atoms with E-state index >= 15 is 0 Å². The van der Waals surface area contributed by atoms with Crippen molar-refractivity contribution < 1.29 is 26.0 Å². The van der Waals surface area contributed by atoms with Gasteiger partial charge in [0.1, 0.15) is 5.75 Å². The van der Waals surface area contributed by atoms with E-state index in [1.54, 1.807) is 0 Å². The second-order valence-corrected chi connectivity index (χ2v) is 12.7. The number of phenolic OH excluding ortho intramolecular Hbond substituents is 1. The molecule has 1 aliphatic rings. The van der Waals surface area contributed by atoms with E-state index in [1.807, 2.05) is 18.3 Å². The summed E-state index contributed by atoms with van der Waals surface area (Å²) in [5.41, 5.74) is 4.85. The number of nitrogens with zero attached hydrogens (tertiary/aromatic N) is 1. The molecular weight excluding hydrogens is 528 g/mol. The van der Waals surface area contributed by atoms with Crippen molar-refractivity contribution in [3.63, 3.8) is 0 Å². The number of rotatable bonds is 5.